The van der Waals surface area contributed by atoms with Crippen molar-refractivity contribution in [3.8, 4) is 0 Å². The van der Waals surface area contributed by atoms with Gasteiger partial charge in [-0.05, 0) is 37.6 Å². The molecule has 0 bridgehead atoms. The third-order valence-corrected chi connectivity index (χ3v) is 8.13. The van der Waals surface area contributed by atoms with Gasteiger partial charge in [0.2, 0.25) is 0 Å². The van der Waals surface area contributed by atoms with Crippen LogP contribution >= 0.6 is 11.3 Å². The number of methoxy groups -OCH3 is 1. The Hall–Kier alpha value is -2.81. The first kappa shape index (κ1) is 23.9. The van der Waals surface area contributed by atoms with Gasteiger partial charge in [-0.1, -0.05) is 37.3 Å². The van der Waals surface area contributed by atoms with Gasteiger partial charge in [-0.3, -0.25) is 14.9 Å². The Morgan fingerprint density at radius 2 is 2.11 bits per heavy atom. The van der Waals surface area contributed by atoms with Gasteiger partial charge in [0.25, 0.3) is 11.8 Å². The summed E-state index contributed by atoms with van der Waals surface area (Å²) in [7, 11) is 3.79. The number of fused-ring (bicyclic) bond motifs is 1. The number of likely N-dealkylation sites (N-methyl/N-ethyl adjacent to an activating group) is 1. The van der Waals surface area contributed by atoms with Crippen molar-refractivity contribution in [2.24, 2.45) is 5.92 Å². The number of rotatable bonds is 5. The second-order valence-electron chi connectivity index (χ2n) is 9.65. The highest BCUT2D eigenvalue weighted by Crippen LogP contribution is 2.35. The van der Waals surface area contributed by atoms with Gasteiger partial charge in [-0.25, -0.2) is 4.98 Å². The molecule has 2 amide bonds. The number of hydrogen-bond donors (Lipinski definition) is 1. The second-order valence-corrected chi connectivity index (χ2v) is 10.7. The predicted molar refractivity (Wildman–Crippen MR) is 137 cm³/mol. The number of amides is 2. The van der Waals surface area contributed by atoms with E-state index in [9.17, 15) is 9.59 Å². The quantitative estimate of drug-likeness (QED) is 0.677. The van der Waals surface area contributed by atoms with E-state index in [0.717, 1.165) is 43.6 Å². The van der Waals surface area contributed by atoms with E-state index in [1.807, 2.05) is 47.4 Å². The summed E-state index contributed by atoms with van der Waals surface area (Å²) < 4.78 is 5.45. The number of carbonyl (C=O) groups is 2. The molecule has 1 fully saturated rings. The van der Waals surface area contributed by atoms with Crippen molar-refractivity contribution >= 4 is 28.3 Å². The molecule has 1 saturated heterocycles. The summed E-state index contributed by atoms with van der Waals surface area (Å²) in [6.07, 6.45) is 8.58. The van der Waals surface area contributed by atoms with Crippen LogP contribution in [-0.2, 0) is 22.5 Å². The monoisotopic (exact) mass is 492 g/mol. The van der Waals surface area contributed by atoms with Gasteiger partial charge in [0.15, 0.2) is 5.13 Å². The Kier molecular flexibility index (Phi) is 6.86. The minimum atomic E-state index is -0.167. The minimum absolute atomic E-state index is 0.000381. The molecule has 2 aromatic rings. The highest BCUT2D eigenvalue weighted by molar-refractivity contribution is 7.15. The van der Waals surface area contributed by atoms with Crippen molar-refractivity contribution in [1.82, 2.24) is 14.8 Å². The molecule has 2 aliphatic heterocycles. The fourth-order valence-electron chi connectivity index (χ4n) is 5.20. The van der Waals surface area contributed by atoms with Crippen LogP contribution in [-0.4, -0.2) is 59.9 Å². The van der Waals surface area contributed by atoms with Crippen LogP contribution in [0.4, 0.5) is 5.13 Å². The number of anilines is 1. The van der Waals surface area contributed by atoms with Crippen molar-refractivity contribution in [3.05, 3.63) is 69.8 Å². The first-order valence-corrected chi connectivity index (χ1v) is 13.1. The van der Waals surface area contributed by atoms with Gasteiger partial charge in [-0.2, -0.15) is 0 Å². The van der Waals surface area contributed by atoms with Gasteiger partial charge in [0.1, 0.15) is 0 Å². The highest BCUT2D eigenvalue weighted by Gasteiger charge is 2.32. The number of nitrogens with one attached hydrogen (secondary N) is 1. The molecule has 3 heterocycles. The summed E-state index contributed by atoms with van der Waals surface area (Å²) in [6, 6.07) is 7.61. The average Bonchev–Trinajstić information content (AvgIpc) is 3.50. The molecular formula is C27H32N4O3S. The molecule has 7 nitrogen and oxygen atoms in total. The summed E-state index contributed by atoms with van der Waals surface area (Å²) in [5.74, 6) is 0.0202. The molecule has 0 saturated carbocycles. The minimum Gasteiger partial charge on any atom is -0.377 e. The van der Waals surface area contributed by atoms with Crippen molar-refractivity contribution in [2.45, 2.75) is 44.9 Å². The zero-order valence-electron chi connectivity index (χ0n) is 20.5. The molecule has 1 N–H and O–H groups in total. The predicted octanol–water partition coefficient (Wildman–Crippen LogP) is 4.19. The van der Waals surface area contributed by atoms with Crippen molar-refractivity contribution in [2.75, 3.05) is 32.6 Å². The van der Waals surface area contributed by atoms with Crippen molar-refractivity contribution < 1.29 is 14.3 Å². The van der Waals surface area contributed by atoms with Crippen molar-refractivity contribution in [1.29, 1.82) is 0 Å². The Morgan fingerprint density at radius 1 is 1.26 bits per heavy atom. The molecule has 3 aliphatic rings. The summed E-state index contributed by atoms with van der Waals surface area (Å²) in [5, 5.41) is 3.64. The molecular weight excluding hydrogens is 460 g/mol. The van der Waals surface area contributed by atoms with E-state index >= 15 is 0 Å². The lowest BCUT2D eigenvalue weighted by Crippen LogP contribution is -2.33. The van der Waals surface area contributed by atoms with E-state index in [1.165, 1.54) is 4.88 Å². The largest absolute Gasteiger partial charge is 0.377 e. The first-order chi connectivity index (χ1) is 16.9. The Balaban J connectivity index is 1.30. The molecule has 3 atom stereocenters. The smallest absolute Gasteiger partial charge is 0.257 e. The van der Waals surface area contributed by atoms with E-state index < -0.39 is 0 Å². The van der Waals surface area contributed by atoms with Crippen LogP contribution in [0.1, 0.15) is 52.3 Å². The van der Waals surface area contributed by atoms with Crippen LogP contribution in [0.2, 0.25) is 0 Å². The number of hydrogen-bond acceptors (Lipinski definition) is 6. The maximum Gasteiger partial charge on any atom is 0.257 e. The standard InChI is InChI=1S/C27H32N4O3S/c1-17-14-20(9-10-23(17)34-3)26(33)31-12-5-8-22(31)18-6-4-7-19(15-18)25(32)29-27-28-21-11-13-30(2)16-24(21)35-27/h4,6-7,9-10,14-15,17,22-23H,5,8,11-13,16H2,1-3H3,(H,28,29,32)/t17?,22-,23?/m1/s1. The Bertz CT molecular complexity index is 1190. The number of aromatic nitrogens is 1. The number of thiazole rings is 1. The molecule has 1 aromatic heterocycles. The zero-order valence-corrected chi connectivity index (χ0v) is 21.3. The van der Waals surface area contributed by atoms with E-state index in [0.29, 0.717) is 22.8 Å². The van der Waals surface area contributed by atoms with Crippen LogP contribution in [0.5, 0.6) is 0 Å². The van der Waals surface area contributed by atoms with Gasteiger partial charge < -0.3 is 14.5 Å². The fraction of sp³-hybridized carbons (Fsp3) is 0.444. The number of nitrogens with zero attached hydrogens (tertiary/aromatic N) is 3. The molecule has 0 radical (unpaired) electrons. The summed E-state index contributed by atoms with van der Waals surface area (Å²) >= 11 is 1.55. The molecule has 8 heteroatoms. The summed E-state index contributed by atoms with van der Waals surface area (Å²) in [6.45, 7) is 4.64. The van der Waals surface area contributed by atoms with Crippen LogP contribution in [0, 0.1) is 5.92 Å². The number of carbonyl (C=O) groups excluding carboxylic acids is 2. The van der Waals surface area contributed by atoms with Crippen LogP contribution in [0.15, 0.2) is 48.1 Å². The van der Waals surface area contributed by atoms with E-state index in [1.54, 1.807) is 18.4 Å². The third-order valence-electron chi connectivity index (χ3n) is 7.14. The molecule has 2 unspecified atom stereocenters. The molecule has 184 valence electrons. The highest BCUT2D eigenvalue weighted by atomic mass is 32.1. The van der Waals surface area contributed by atoms with E-state index in [2.05, 4.69) is 29.2 Å². The van der Waals surface area contributed by atoms with Gasteiger partial charge >= 0.3 is 0 Å². The second kappa shape index (κ2) is 10.0. The molecule has 35 heavy (non-hydrogen) atoms. The molecule has 1 aromatic carbocycles. The summed E-state index contributed by atoms with van der Waals surface area (Å²) in [5.41, 5.74) is 3.38. The third kappa shape index (κ3) is 4.96. The van der Waals surface area contributed by atoms with Crippen LogP contribution < -0.4 is 5.32 Å². The van der Waals surface area contributed by atoms with Crippen molar-refractivity contribution in [3.63, 3.8) is 0 Å². The van der Waals surface area contributed by atoms with Gasteiger partial charge in [0, 0.05) is 55.1 Å². The number of ether oxygens (including phenoxy) is 1. The lowest BCUT2D eigenvalue weighted by atomic mass is 9.94. The topological polar surface area (TPSA) is 74.8 Å². The lowest BCUT2D eigenvalue weighted by Gasteiger charge is -2.28. The maximum absolute atomic E-state index is 13.4. The Labute approximate surface area is 210 Å². The number of likely N-dealkylation sites (tertiary alicyclic amines) is 1. The van der Waals surface area contributed by atoms with E-state index in [4.69, 9.17) is 4.74 Å². The van der Waals surface area contributed by atoms with Gasteiger partial charge in [-0.15, -0.1) is 11.3 Å². The molecule has 0 spiro atoms. The van der Waals surface area contributed by atoms with E-state index in [-0.39, 0.29) is 29.9 Å². The molecule has 5 rings (SSSR count). The normalized spacial score (nSPS) is 24.3. The fourth-order valence-corrected chi connectivity index (χ4v) is 6.28. The molecule has 1 aliphatic carbocycles. The zero-order chi connectivity index (χ0) is 24.5. The maximum atomic E-state index is 13.4. The SMILES string of the molecule is COC1C=CC(C(=O)N2CCC[C@@H]2c2cccc(C(=O)Nc3nc4c(s3)CN(C)CC4)c2)=CC1C. The van der Waals surface area contributed by atoms with Gasteiger partial charge in [0.05, 0.1) is 17.8 Å². The van der Waals surface area contributed by atoms with Crippen LogP contribution in [0.3, 0.4) is 0 Å². The lowest BCUT2D eigenvalue weighted by molar-refractivity contribution is -0.127. The first-order valence-electron chi connectivity index (χ1n) is 12.2. The Morgan fingerprint density at radius 3 is 2.91 bits per heavy atom. The average molecular weight is 493 g/mol. The summed E-state index contributed by atoms with van der Waals surface area (Å²) in [4.78, 5) is 36.5. The van der Waals surface area contributed by atoms with Crippen LogP contribution in [0.25, 0.3) is 0 Å². The number of benzene rings is 1.